The second-order valence-corrected chi connectivity index (χ2v) is 5.15. The summed E-state index contributed by atoms with van der Waals surface area (Å²) in [5, 5.41) is 11.3. The van der Waals surface area contributed by atoms with Crippen LogP contribution in [-0.2, 0) is 20.8 Å². The number of nitrogens with zero attached hydrogens (tertiary/aromatic N) is 1. The average molecular weight is 290 g/mol. The molecule has 0 saturated carbocycles. The first-order chi connectivity index (χ1) is 9.99. The Bertz CT molecular complexity index is 571. The Morgan fingerprint density at radius 1 is 1.33 bits per heavy atom. The van der Waals surface area contributed by atoms with E-state index in [1.165, 1.54) is 11.8 Å². The molecule has 6 heteroatoms. The number of carboxylic acids is 1. The van der Waals surface area contributed by atoms with Crippen molar-refractivity contribution < 1.29 is 19.5 Å². The minimum Gasteiger partial charge on any atom is -0.481 e. The molecule has 0 radical (unpaired) electrons. The van der Waals surface area contributed by atoms with Crippen molar-refractivity contribution in [2.45, 2.75) is 19.8 Å². The molecule has 2 N–H and O–H groups in total. The number of carboxylic acid groups (broad SMARTS) is 1. The van der Waals surface area contributed by atoms with Gasteiger partial charge in [-0.25, -0.2) is 0 Å². The lowest BCUT2D eigenvalue weighted by molar-refractivity contribution is -0.141. The molecule has 0 saturated heterocycles. The molecule has 1 aliphatic heterocycles. The number of anilines is 1. The number of rotatable bonds is 5. The van der Waals surface area contributed by atoms with Gasteiger partial charge in [0.25, 0.3) is 0 Å². The van der Waals surface area contributed by atoms with Crippen LogP contribution >= 0.6 is 0 Å². The first kappa shape index (κ1) is 15.0. The zero-order valence-electron chi connectivity index (χ0n) is 11.8. The summed E-state index contributed by atoms with van der Waals surface area (Å²) >= 11 is 0. The monoisotopic (exact) mass is 290 g/mol. The molecule has 1 aliphatic rings. The molecule has 1 aromatic rings. The van der Waals surface area contributed by atoms with Crippen LogP contribution in [0.3, 0.4) is 0 Å². The lowest BCUT2D eigenvalue weighted by Gasteiger charge is -2.28. The van der Waals surface area contributed by atoms with Crippen LogP contribution in [0.4, 0.5) is 5.69 Å². The van der Waals surface area contributed by atoms with Gasteiger partial charge in [0.2, 0.25) is 11.8 Å². The summed E-state index contributed by atoms with van der Waals surface area (Å²) in [7, 11) is 0. The van der Waals surface area contributed by atoms with E-state index in [2.05, 4.69) is 5.32 Å². The summed E-state index contributed by atoms with van der Waals surface area (Å²) < 4.78 is 0. The molecule has 0 bridgehead atoms. The first-order valence-electron chi connectivity index (χ1n) is 6.87. The molecule has 2 amide bonds. The molecule has 2 rings (SSSR count). The van der Waals surface area contributed by atoms with Gasteiger partial charge in [-0.1, -0.05) is 25.1 Å². The average Bonchev–Trinajstić information content (AvgIpc) is 2.47. The van der Waals surface area contributed by atoms with Gasteiger partial charge in [-0.2, -0.15) is 0 Å². The molecule has 1 unspecified atom stereocenters. The van der Waals surface area contributed by atoms with Crippen molar-refractivity contribution in [1.82, 2.24) is 5.32 Å². The highest BCUT2D eigenvalue weighted by Gasteiger charge is 2.25. The van der Waals surface area contributed by atoms with Gasteiger partial charge in [0, 0.05) is 18.7 Å². The van der Waals surface area contributed by atoms with E-state index in [0.717, 1.165) is 11.3 Å². The molecule has 1 aromatic carbocycles. The van der Waals surface area contributed by atoms with Gasteiger partial charge in [-0.05, 0) is 18.1 Å². The van der Waals surface area contributed by atoms with E-state index in [1.54, 1.807) is 0 Å². The van der Waals surface area contributed by atoms with Crippen LogP contribution in [0.2, 0.25) is 0 Å². The number of benzene rings is 1. The third kappa shape index (κ3) is 3.59. The molecule has 0 spiro atoms. The second kappa shape index (κ2) is 6.39. The Kier molecular flexibility index (Phi) is 4.57. The zero-order chi connectivity index (χ0) is 15.4. The second-order valence-electron chi connectivity index (χ2n) is 5.15. The molecule has 6 nitrogen and oxygen atoms in total. The standard InChI is InChI=1S/C15H18N2O4/c1-10(15(20)21)8-16-13(18)9-17-12-5-3-2-4-11(12)6-7-14(17)19/h2-5,10H,6-9H2,1H3,(H,16,18)(H,20,21). The van der Waals surface area contributed by atoms with Crippen LogP contribution in [0.1, 0.15) is 18.9 Å². The lowest BCUT2D eigenvalue weighted by Crippen LogP contribution is -2.44. The Labute approximate surface area is 122 Å². The normalized spacial score (nSPS) is 15.3. The predicted molar refractivity (Wildman–Crippen MR) is 76.9 cm³/mol. The number of carbonyl (C=O) groups is 3. The van der Waals surface area contributed by atoms with Crippen molar-refractivity contribution in [3.05, 3.63) is 29.8 Å². The fourth-order valence-corrected chi connectivity index (χ4v) is 2.22. The van der Waals surface area contributed by atoms with Crippen molar-refractivity contribution in [3.63, 3.8) is 0 Å². The van der Waals surface area contributed by atoms with E-state index < -0.39 is 11.9 Å². The number of hydrogen-bond acceptors (Lipinski definition) is 3. The SMILES string of the molecule is CC(CNC(=O)CN1C(=O)CCc2ccccc21)C(=O)O. The Hall–Kier alpha value is -2.37. The third-order valence-corrected chi connectivity index (χ3v) is 3.52. The summed E-state index contributed by atoms with van der Waals surface area (Å²) in [6.07, 6.45) is 1.07. The van der Waals surface area contributed by atoms with Crippen LogP contribution in [0, 0.1) is 5.92 Å². The highest BCUT2D eigenvalue weighted by Crippen LogP contribution is 2.26. The van der Waals surface area contributed by atoms with Gasteiger partial charge in [0.1, 0.15) is 6.54 Å². The lowest BCUT2D eigenvalue weighted by atomic mass is 10.0. The molecule has 112 valence electrons. The van der Waals surface area contributed by atoms with Crippen LogP contribution in [0.5, 0.6) is 0 Å². The smallest absolute Gasteiger partial charge is 0.308 e. The van der Waals surface area contributed by atoms with E-state index >= 15 is 0 Å². The minimum absolute atomic E-state index is 0.0534. The number of nitrogens with one attached hydrogen (secondary N) is 1. The van der Waals surface area contributed by atoms with Crippen molar-refractivity contribution in [2.75, 3.05) is 18.0 Å². The van der Waals surface area contributed by atoms with E-state index in [9.17, 15) is 14.4 Å². The van der Waals surface area contributed by atoms with Crippen LogP contribution < -0.4 is 10.2 Å². The quantitative estimate of drug-likeness (QED) is 0.840. The van der Waals surface area contributed by atoms with E-state index in [1.807, 2.05) is 24.3 Å². The Balaban J connectivity index is 2.00. The van der Waals surface area contributed by atoms with Gasteiger partial charge in [-0.3, -0.25) is 14.4 Å². The zero-order valence-corrected chi connectivity index (χ0v) is 11.8. The number of amides is 2. The molecular formula is C15H18N2O4. The van der Waals surface area contributed by atoms with Gasteiger partial charge < -0.3 is 15.3 Å². The number of aryl methyl sites for hydroxylation is 1. The van der Waals surface area contributed by atoms with Gasteiger partial charge in [0.05, 0.1) is 5.92 Å². The van der Waals surface area contributed by atoms with Crippen LogP contribution in [-0.4, -0.2) is 36.0 Å². The molecule has 21 heavy (non-hydrogen) atoms. The minimum atomic E-state index is -0.963. The Morgan fingerprint density at radius 2 is 2.05 bits per heavy atom. The van der Waals surface area contributed by atoms with Gasteiger partial charge >= 0.3 is 5.97 Å². The van der Waals surface area contributed by atoms with Gasteiger partial charge in [-0.15, -0.1) is 0 Å². The molecule has 0 aromatic heterocycles. The van der Waals surface area contributed by atoms with Crippen molar-refractivity contribution in [3.8, 4) is 0 Å². The van der Waals surface area contributed by atoms with Crippen LogP contribution in [0.25, 0.3) is 0 Å². The summed E-state index contributed by atoms with van der Waals surface area (Å²) in [4.78, 5) is 36.0. The highest BCUT2D eigenvalue weighted by molar-refractivity contribution is 6.01. The summed E-state index contributed by atoms with van der Waals surface area (Å²) in [6.45, 7) is 1.49. The molecular weight excluding hydrogens is 272 g/mol. The molecule has 1 atom stereocenters. The van der Waals surface area contributed by atoms with E-state index in [4.69, 9.17) is 5.11 Å². The fourth-order valence-electron chi connectivity index (χ4n) is 2.22. The third-order valence-electron chi connectivity index (χ3n) is 3.52. The van der Waals surface area contributed by atoms with Crippen molar-refractivity contribution in [2.24, 2.45) is 5.92 Å². The number of hydrogen-bond donors (Lipinski definition) is 2. The van der Waals surface area contributed by atoms with Crippen molar-refractivity contribution in [1.29, 1.82) is 0 Å². The summed E-state index contributed by atoms with van der Waals surface area (Å²) in [5.41, 5.74) is 1.80. The molecule has 1 heterocycles. The number of fused-ring (bicyclic) bond motifs is 1. The van der Waals surface area contributed by atoms with Crippen LogP contribution in [0.15, 0.2) is 24.3 Å². The molecule has 0 aliphatic carbocycles. The predicted octanol–water partition coefficient (Wildman–Crippen LogP) is 0.803. The van der Waals surface area contributed by atoms with E-state index in [0.29, 0.717) is 12.8 Å². The van der Waals surface area contributed by atoms with E-state index in [-0.39, 0.29) is 24.9 Å². The van der Waals surface area contributed by atoms with Crippen molar-refractivity contribution >= 4 is 23.5 Å². The fraction of sp³-hybridized carbons (Fsp3) is 0.400. The number of carbonyl (C=O) groups excluding carboxylic acids is 2. The molecule has 0 fully saturated rings. The van der Waals surface area contributed by atoms with Gasteiger partial charge in [0.15, 0.2) is 0 Å². The maximum Gasteiger partial charge on any atom is 0.308 e. The summed E-state index contributed by atoms with van der Waals surface area (Å²) in [6, 6.07) is 7.50. The largest absolute Gasteiger partial charge is 0.481 e. The highest BCUT2D eigenvalue weighted by atomic mass is 16.4. The topological polar surface area (TPSA) is 86.7 Å². The first-order valence-corrected chi connectivity index (χ1v) is 6.87. The number of aliphatic carboxylic acids is 1. The maximum atomic E-state index is 12.0. The Morgan fingerprint density at radius 3 is 2.76 bits per heavy atom. The maximum absolute atomic E-state index is 12.0. The summed E-state index contributed by atoms with van der Waals surface area (Å²) in [5.74, 6) is -2.06. The number of para-hydroxylation sites is 1.